The van der Waals surface area contributed by atoms with Gasteiger partial charge in [0.2, 0.25) is 0 Å². The molecule has 2 N–H and O–H groups in total. The van der Waals surface area contributed by atoms with Gasteiger partial charge >= 0.3 is 6.09 Å². The summed E-state index contributed by atoms with van der Waals surface area (Å²) in [5, 5.41) is 11.5. The van der Waals surface area contributed by atoms with Crippen LogP contribution in [-0.2, 0) is 11.3 Å². The molecule has 2 fully saturated rings. The molecule has 0 spiro atoms. The second-order valence-electron chi connectivity index (χ2n) is 6.62. The molecular formula is C18H26N2O3. The fraction of sp³-hybridized carbons (Fsp3) is 0.611. The van der Waals surface area contributed by atoms with E-state index in [9.17, 15) is 4.79 Å². The van der Waals surface area contributed by atoms with Crippen LogP contribution in [0.5, 0.6) is 0 Å². The van der Waals surface area contributed by atoms with Crippen molar-refractivity contribution in [3.8, 4) is 0 Å². The number of likely N-dealkylation sites (tertiary alicyclic amines) is 1. The van der Waals surface area contributed by atoms with Crippen molar-refractivity contribution in [2.75, 3.05) is 13.1 Å². The quantitative estimate of drug-likeness (QED) is 0.876. The Morgan fingerprint density at radius 3 is 2.78 bits per heavy atom. The Morgan fingerprint density at radius 2 is 2.00 bits per heavy atom. The van der Waals surface area contributed by atoms with Crippen molar-refractivity contribution < 1.29 is 14.6 Å². The molecule has 5 heteroatoms. The SMILES string of the molecule is O=C(O)N[C@@H]1CCN(C2CCCCC2OCc2ccccc2)C1. The van der Waals surface area contributed by atoms with Gasteiger partial charge in [0.15, 0.2) is 0 Å². The van der Waals surface area contributed by atoms with Crippen LogP contribution in [0.15, 0.2) is 30.3 Å². The van der Waals surface area contributed by atoms with Gasteiger partial charge in [0.25, 0.3) is 0 Å². The van der Waals surface area contributed by atoms with Crippen LogP contribution in [0.1, 0.15) is 37.7 Å². The second-order valence-corrected chi connectivity index (χ2v) is 6.62. The van der Waals surface area contributed by atoms with E-state index in [1.54, 1.807) is 0 Å². The Balaban J connectivity index is 1.55. The molecular weight excluding hydrogens is 292 g/mol. The first kappa shape index (κ1) is 16.3. The standard InChI is InChI=1S/C18H26N2O3/c21-18(22)19-15-10-11-20(12-15)16-8-4-5-9-17(16)23-13-14-6-2-1-3-7-14/h1-3,6-7,15-17,19H,4-5,8-13H2,(H,21,22)/t15-,16?,17?/m1/s1. The third-order valence-corrected chi connectivity index (χ3v) is 4.99. The first-order valence-corrected chi connectivity index (χ1v) is 8.61. The lowest BCUT2D eigenvalue weighted by molar-refractivity contribution is -0.0394. The van der Waals surface area contributed by atoms with E-state index in [2.05, 4.69) is 22.3 Å². The van der Waals surface area contributed by atoms with Crippen molar-refractivity contribution in [2.24, 2.45) is 0 Å². The minimum Gasteiger partial charge on any atom is -0.465 e. The second kappa shape index (κ2) is 7.79. The molecule has 3 atom stereocenters. The van der Waals surface area contributed by atoms with E-state index < -0.39 is 6.09 Å². The van der Waals surface area contributed by atoms with Gasteiger partial charge in [-0.2, -0.15) is 0 Å². The normalized spacial score (nSPS) is 28.6. The van der Waals surface area contributed by atoms with Crippen LogP contribution in [0.25, 0.3) is 0 Å². The van der Waals surface area contributed by atoms with Crippen molar-refractivity contribution in [3.05, 3.63) is 35.9 Å². The summed E-state index contributed by atoms with van der Waals surface area (Å²) < 4.78 is 6.23. The smallest absolute Gasteiger partial charge is 0.404 e. The summed E-state index contributed by atoms with van der Waals surface area (Å²) in [4.78, 5) is 13.2. The molecule has 0 bridgehead atoms. The highest BCUT2D eigenvalue weighted by Crippen LogP contribution is 2.29. The minimum absolute atomic E-state index is 0.0594. The van der Waals surface area contributed by atoms with Gasteiger partial charge in [-0.15, -0.1) is 0 Å². The molecule has 1 aliphatic heterocycles. The van der Waals surface area contributed by atoms with Gasteiger partial charge in [-0.05, 0) is 24.8 Å². The maximum Gasteiger partial charge on any atom is 0.404 e. The van der Waals surface area contributed by atoms with E-state index in [1.807, 2.05) is 18.2 Å². The number of hydrogen-bond donors (Lipinski definition) is 2. The minimum atomic E-state index is -0.919. The number of carboxylic acid groups (broad SMARTS) is 1. The highest BCUT2D eigenvalue weighted by Gasteiger charge is 2.35. The molecule has 1 saturated heterocycles. The topological polar surface area (TPSA) is 61.8 Å². The summed E-state index contributed by atoms with van der Waals surface area (Å²) in [6, 6.07) is 10.8. The zero-order valence-electron chi connectivity index (χ0n) is 13.5. The highest BCUT2D eigenvalue weighted by molar-refractivity contribution is 5.64. The van der Waals surface area contributed by atoms with Crippen LogP contribution >= 0.6 is 0 Å². The number of amides is 1. The largest absolute Gasteiger partial charge is 0.465 e. The molecule has 2 aliphatic rings. The molecule has 1 aliphatic carbocycles. The molecule has 1 heterocycles. The monoisotopic (exact) mass is 318 g/mol. The van der Waals surface area contributed by atoms with Crippen LogP contribution in [-0.4, -0.2) is 47.4 Å². The molecule has 2 unspecified atom stereocenters. The average molecular weight is 318 g/mol. The van der Waals surface area contributed by atoms with E-state index >= 15 is 0 Å². The summed E-state index contributed by atoms with van der Waals surface area (Å²) >= 11 is 0. The molecule has 0 radical (unpaired) electrons. The Kier molecular flexibility index (Phi) is 5.51. The predicted molar refractivity (Wildman–Crippen MR) is 88.4 cm³/mol. The molecule has 1 amide bonds. The molecule has 1 aromatic carbocycles. The Bertz CT molecular complexity index is 508. The van der Waals surface area contributed by atoms with Crippen LogP contribution < -0.4 is 5.32 Å². The fourth-order valence-electron chi connectivity index (χ4n) is 3.85. The van der Waals surface area contributed by atoms with E-state index in [-0.39, 0.29) is 12.1 Å². The van der Waals surface area contributed by atoms with Crippen molar-refractivity contribution in [1.82, 2.24) is 10.2 Å². The molecule has 23 heavy (non-hydrogen) atoms. The summed E-state index contributed by atoms with van der Waals surface area (Å²) in [5.41, 5.74) is 1.21. The van der Waals surface area contributed by atoms with E-state index in [0.717, 1.165) is 32.4 Å². The number of benzene rings is 1. The summed E-state index contributed by atoms with van der Waals surface area (Å²) in [6.45, 7) is 2.43. The average Bonchev–Trinajstić information content (AvgIpc) is 3.02. The number of nitrogens with zero attached hydrogens (tertiary/aromatic N) is 1. The number of hydrogen-bond acceptors (Lipinski definition) is 3. The maximum atomic E-state index is 10.8. The third kappa shape index (κ3) is 4.45. The van der Waals surface area contributed by atoms with Crippen molar-refractivity contribution in [2.45, 2.75) is 56.9 Å². The Hall–Kier alpha value is -1.59. The fourth-order valence-corrected chi connectivity index (χ4v) is 3.85. The number of carbonyl (C=O) groups is 1. The lowest BCUT2D eigenvalue weighted by Crippen LogP contribution is -2.47. The van der Waals surface area contributed by atoms with Gasteiger partial charge in [0, 0.05) is 25.2 Å². The van der Waals surface area contributed by atoms with E-state index in [4.69, 9.17) is 9.84 Å². The first-order chi connectivity index (χ1) is 11.2. The van der Waals surface area contributed by atoms with Gasteiger partial charge in [-0.1, -0.05) is 43.2 Å². The molecule has 126 valence electrons. The molecule has 0 aromatic heterocycles. The van der Waals surface area contributed by atoms with Gasteiger partial charge in [-0.3, -0.25) is 4.90 Å². The van der Waals surface area contributed by atoms with E-state index in [0.29, 0.717) is 12.6 Å². The van der Waals surface area contributed by atoms with Gasteiger partial charge < -0.3 is 15.2 Å². The van der Waals surface area contributed by atoms with Gasteiger partial charge in [0.1, 0.15) is 0 Å². The summed E-state index contributed by atoms with van der Waals surface area (Å²) in [6.07, 6.45) is 4.95. The number of rotatable bonds is 5. The molecule has 1 aromatic rings. The van der Waals surface area contributed by atoms with Crippen LogP contribution in [0.4, 0.5) is 4.79 Å². The Labute approximate surface area is 137 Å². The zero-order chi connectivity index (χ0) is 16.1. The maximum absolute atomic E-state index is 10.8. The highest BCUT2D eigenvalue weighted by atomic mass is 16.5. The van der Waals surface area contributed by atoms with Crippen molar-refractivity contribution in [1.29, 1.82) is 0 Å². The predicted octanol–water partition coefficient (Wildman–Crippen LogP) is 2.86. The van der Waals surface area contributed by atoms with Crippen LogP contribution in [0.3, 0.4) is 0 Å². The number of nitrogens with one attached hydrogen (secondary N) is 1. The van der Waals surface area contributed by atoms with Crippen LogP contribution in [0.2, 0.25) is 0 Å². The molecule has 1 saturated carbocycles. The van der Waals surface area contributed by atoms with E-state index in [1.165, 1.54) is 18.4 Å². The van der Waals surface area contributed by atoms with Gasteiger partial charge in [0.05, 0.1) is 12.7 Å². The first-order valence-electron chi connectivity index (χ1n) is 8.61. The molecule has 5 nitrogen and oxygen atoms in total. The molecule has 3 rings (SSSR count). The number of ether oxygens (including phenoxy) is 1. The lowest BCUT2D eigenvalue weighted by atomic mass is 9.91. The van der Waals surface area contributed by atoms with Crippen molar-refractivity contribution in [3.63, 3.8) is 0 Å². The lowest BCUT2D eigenvalue weighted by Gasteiger charge is -2.38. The third-order valence-electron chi connectivity index (χ3n) is 4.99. The Morgan fingerprint density at radius 1 is 1.22 bits per heavy atom. The van der Waals surface area contributed by atoms with Gasteiger partial charge in [-0.25, -0.2) is 4.79 Å². The zero-order valence-corrected chi connectivity index (χ0v) is 13.5. The summed E-state index contributed by atoms with van der Waals surface area (Å²) in [5.74, 6) is 0. The summed E-state index contributed by atoms with van der Waals surface area (Å²) in [7, 11) is 0. The van der Waals surface area contributed by atoms with Crippen LogP contribution in [0, 0.1) is 0 Å². The van der Waals surface area contributed by atoms with Crippen molar-refractivity contribution >= 4 is 6.09 Å².